The first kappa shape index (κ1) is 19.7. The lowest BCUT2D eigenvalue weighted by Gasteiger charge is -2.15. The summed E-state index contributed by atoms with van der Waals surface area (Å²) in [5.41, 5.74) is 0.773. The zero-order valence-electron chi connectivity index (χ0n) is 13.4. The summed E-state index contributed by atoms with van der Waals surface area (Å²) in [6, 6.07) is 9.65. The largest absolute Gasteiger partial charge is 0.573 e. The molecule has 0 fully saturated rings. The van der Waals surface area contributed by atoms with E-state index in [1.807, 2.05) is 0 Å². The number of carbonyl (C=O) groups excluding carboxylic acids is 1. The van der Waals surface area contributed by atoms with Crippen molar-refractivity contribution in [1.82, 2.24) is 5.32 Å². The average molecular weight is 388 g/mol. The van der Waals surface area contributed by atoms with Gasteiger partial charge < -0.3 is 10.1 Å². The van der Waals surface area contributed by atoms with Gasteiger partial charge in [0.05, 0.1) is 10.9 Å². The van der Waals surface area contributed by atoms with E-state index in [0.717, 1.165) is 12.1 Å². The molecule has 3 N–H and O–H groups in total. The summed E-state index contributed by atoms with van der Waals surface area (Å²) >= 11 is 0. The van der Waals surface area contributed by atoms with Crippen molar-refractivity contribution < 1.29 is 31.1 Å². The predicted octanol–water partition coefficient (Wildman–Crippen LogP) is 2.72. The minimum Gasteiger partial charge on any atom is -0.406 e. The van der Waals surface area contributed by atoms with E-state index in [4.69, 9.17) is 5.14 Å². The van der Waals surface area contributed by atoms with Gasteiger partial charge in [-0.05, 0) is 48.9 Å². The van der Waals surface area contributed by atoms with Crippen molar-refractivity contribution in [3.8, 4) is 5.75 Å². The van der Waals surface area contributed by atoms with Crippen molar-refractivity contribution in [3.05, 3.63) is 59.7 Å². The van der Waals surface area contributed by atoms with Gasteiger partial charge in [0.2, 0.25) is 10.0 Å². The molecule has 0 heterocycles. The third kappa shape index (κ3) is 5.46. The highest BCUT2D eigenvalue weighted by atomic mass is 32.2. The Morgan fingerprint density at radius 2 is 1.62 bits per heavy atom. The number of benzene rings is 2. The summed E-state index contributed by atoms with van der Waals surface area (Å²) in [4.78, 5) is 12.1. The van der Waals surface area contributed by atoms with Gasteiger partial charge >= 0.3 is 6.36 Å². The van der Waals surface area contributed by atoms with E-state index >= 15 is 0 Å². The number of alkyl halides is 3. The lowest BCUT2D eigenvalue weighted by molar-refractivity contribution is -0.274. The number of primary sulfonamides is 1. The van der Waals surface area contributed by atoms with Gasteiger partial charge in [0.1, 0.15) is 5.75 Å². The highest BCUT2D eigenvalue weighted by Crippen LogP contribution is 2.23. The number of hydrogen-bond donors (Lipinski definition) is 2. The normalized spacial score (nSPS) is 13.1. The van der Waals surface area contributed by atoms with Crippen molar-refractivity contribution in [2.75, 3.05) is 0 Å². The molecule has 2 rings (SSSR count). The molecule has 0 spiro atoms. The molecule has 0 saturated heterocycles. The molecule has 0 bridgehead atoms. The van der Waals surface area contributed by atoms with Crippen LogP contribution in [0.3, 0.4) is 0 Å². The van der Waals surface area contributed by atoms with Crippen molar-refractivity contribution in [2.24, 2.45) is 5.14 Å². The fourth-order valence-corrected chi connectivity index (χ4v) is 2.63. The monoisotopic (exact) mass is 388 g/mol. The Balaban J connectivity index is 2.04. The Labute approximate surface area is 147 Å². The topological polar surface area (TPSA) is 98.5 Å². The first-order chi connectivity index (χ1) is 12.0. The molecule has 0 saturated carbocycles. The maximum absolute atomic E-state index is 12.2. The quantitative estimate of drug-likeness (QED) is 0.823. The van der Waals surface area contributed by atoms with Crippen LogP contribution in [-0.4, -0.2) is 20.7 Å². The van der Waals surface area contributed by atoms with Crippen LogP contribution < -0.4 is 15.2 Å². The summed E-state index contributed by atoms with van der Waals surface area (Å²) in [7, 11) is -3.81. The molecule has 1 atom stereocenters. The Morgan fingerprint density at radius 1 is 1.08 bits per heavy atom. The van der Waals surface area contributed by atoms with Gasteiger partial charge in [-0.2, -0.15) is 0 Å². The van der Waals surface area contributed by atoms with Crippen LogP contribution in [0.2, 0.25) is 0 Å². The number of ether oxygens (including phenoxy) is 1. The molecule has 0 aliphatic rings. The minimum atomic E-state index is -4.80. The van der Waals surface area contributed by atoms with Gasteiger partial charge in [0, 0.05) is 5.56 Å². The van der Waals surface area contributed by atoms with Gasteiger partial charge in [0.15, 0.2) is 0 Å². The molecular weight excluding hydrogens is 373 g/mol. The maximum Gasteiger partial charge on any atom is 0.573 e. The summed E-state index contributed by atoms with van der Waals surface area (Å²) in [5, 5.41) is 7.67. The fourth-order valence-electron chi connectivity index (χ4n) is 2.12. The third-order valence-electron chi connectivity index (χ3n) is 3.41. The zero-order valence-corrected chi connectivity index (χ0v) is 14.3. The summed E-state index contributed by atoms with van der Waals surface area (Å²) in [6.07, 6.45) is -4.80. The Morgan fingerprint density at radius 3 is 2.08 bits per heavy atom. The van der Waals surface area contributed by atoms with Crippen molar-refractivity contribution in [2.45, 2.75) is 24.2 Å². The number of amides is 1. The molecule has 10 heteroatoms. The van der Waals surface area contributed by atoms with Crippen LogP contribution in [-0.2, 0) is 10.0 Å². The summed E-state index contributed by atoms with van der Waals surface area (Å²) in [6.45, 7) is 1.67. The average Bonchev–Trinajstić information content (AvgIpc) is 2.53. The van der Waals surface area contributed by atoms with E-state index in [2.05, 4.69) is 10.1 Å². The van der Waals surface area contributed by atoms with Crippen LogP contribution in [0.4, 0.5) is 13.2 Å². The molecule has 0 radical (unpaired) electrons. The molecule has 0 aliphatic heterocycles. The van der Waals surface area contributed by atoms with E-state index in [1.165, 1.54) is 36.4 Å². The van der Waals surface area contributed by atoms with Gasteiger partial charge in [0.25, 0.3) is 5.91 Å². The standard InChI is InChI=1S/C16H15F3N2O4S/c1-10(11-4-8-14(9-5-11)26(20,23)24)21-15(22)12-2-6-13(7-3-12)25-16(17,18)19/h2-10H,1H3,(H,21,22)(H2,20,23,24). The van der Waals surface area contributed by atoms with E-state index in [-0.39, 0.29) is 10.5 Å². The first-order valence-corrected chi connectivity index (χ1v) is 8.80. The van der Waals surface area contributed by atoms with Crippen molar-refractivity contribution in [1.29, 1.82) is 0 Å². The maximum atomic E-state index is 12.2. The van der Waals surface area contributed by atoms with E-state index < -0.39 is 34.1 Å². The highest BCUT2D eigenvalue weighted by Gasteiger charge is 2.31. The second-order valence-electron chi connectivity index (χ2n) is 5.38. The summed E-state index contributed by atoms with van der Waals surface area (Å²) < 4.78 is 62.5. The summed E-state index contributed by atoms with van der Waals surface area (Å²) in [5.74, 6) is -0.938. The number of carbonyl (C=O) groups is 1. The Kier molecular flexibility index (Phi) is 5.57. The number of rotatable bonds is 5. The molecule has 2 aromatic rings. The van der Waals surface area contributed by atoms with Crippen LogP contribution in [0.5, 0.6) is 5.75 Å². The lowest BCUT2D eigenvalue weighted by atomic mass is 10.1. The van der Waals surface area contributed by atoms with Crippen LogP contribution >= 0.6 is 0 Å². The van der Waals surface area contributed by atoms with Gasteiger partial charge in [-0.15, -0.1) is 13.2 Å². The zero-order chi connectivity index (χ0) is 19.5. The second-order valence-corrected chi connectivity index (χ2v) is 6.94. The molecule has 1 unspecified atom stereocenters. The number of halogens is 3. The van der Waals surface area contributed by atoms with Gasteiger partial charge in [-0.25, -0.2) is 13.6 Å². The van der Waals surface area contributed by atoms with Crippen LogP contribution in [0.15, 0.2) is 53.4 Å². The highest BCUT2D eigenvalue weighted by molar-refractivity contribution is 7.89. The van der Waals surface area contributed by atoms with Crippen molar-refractivity contribution in [3.63, 3.8) is 0 Å². The Bertz CT molecular complexity index is 879. The third-order valence-corrected chi connectivity index (χ3v) is 4.34. The molecule has 140 valence electrons. The molecule has 1 amide bonds. The minimum absolute atomic E-state index is 0.0555. The molecule has 0 aliphatic carbocycles. The number of sulfonamides is 1. The van der Waals surface area contributed by atoms with E-state index in [0.29, 0.717) is 5.56 Å². The van der Waals surface area contributed by atoms with Crippen LogP contribution in [0.1, 0.15) is 28.9 Å². The van der Waals surface area contributed by atoms with Crippen LogP contribution in [0, 0.1) is 0 Å². The predicted molar refractivity (Wildman–Crippen MR) is 86.8 cm³/mol. The SMILES string of the molecule is CC(NC(=O)c1ccc(OC(F)(F)F)cc1)c1ccc(S(N)(=O)=O)cc1. The Hall–Kier alpha value is -2.59. The smallest absolute Gasteiger partial charge is 0.406 e. The fraction of sp³-hybridized carbons (Fsp3) is 0.188. The van der Waals surface area contributed by atoms with Crippen molar-refractivity contribution >= 4 is 15.9 Å². The van der Waals surface area contributed by atoms with Gasteiger partial charge in [-0.3, -0.25) is 4.79 Å². The molecule has 6 nitrogen and oxygen atoms in total. The molecule has 0 aromatic heterocycles. The van der Waals surface area contributed by atoms with E-state index in [1.54, 1.807) is 6.92 Å². The number of nitrogens with two attached hydrogens (primary N) is 1. The molecular formula is C16H15F3N2O4S. The van der Waals surface area contributed by atoms with E-state index in [9.17, 15) is 26.4 Å². The number of nitrogens with one attached hydrogen (secondary N) is 1. The second kappa shape index (κ2) is 7.34. The lowest BCUT2D eigenvalue weighted by Crippen LogP contribution is -2.26. The molecule has 26 heavy (non-hydrogen) atoms. The van der Waals surface area contributed by atoms with Crippen LogP contribution in [0.25, 0.3) is 0 Å². The van der Waals surface area contributed by atoms with Gasteiger partial charge in [-0.1, -0.05) is 12.1 Å². The number of hydrogen-bond acceptors (Lipinski definition) is 4. The molecule has 2 aromatic carbocycles. The first-order valence-electron chi connectivity index (χ1n) is 7.25.